The lowest BCUT2D eigenvalue weighted by Gasteiger charge is -2.07. The third kappa shape index (κ3) is 1.84. The first kappa shape index (κ1) is 8.78. The van der Waals surface area contributed by atoms with Crippen molar-refractivity contribution in [2.45, 2.75) is 13.8 Å². The highest BCUT2D eigenvalue weighted by molar-refractivity contribution is 5.85. The van der Waals surface area contributed by atoms with Gasteiger partial charge in [0.15, 0.2) is 0 Å². The fourth-order valence-electron chi connectivity index (χ4n) is 1.14. The van der Waals surface area contributed by atoms with Crippen molar-refractivity contribution in [1.29, 1.82) is 5.41 Å². The average molecular weight is 162 g/mol. The van der Waals surface area contributed by atoms with Crippen molar-refractivity contribution < 1.29 is 0 Å². The fraction of sp³-hybridized carbons (Fsp3) is 0.300. The van der Waals surface area contributed by atoms with Crippen molar-refractivity contribution in [3.8, 4) is 0 Å². The summed E-state index contributed by atoms with van der Waals surface area (Å²) in [5.41, 5.74) is 3.21. The first-order chi connectivity index (χ1) is 5.77. The number of hydrogen-bond donors (Lipinski definition) is 2. The maximum absolute atomic E-state index is 7.17. The molecule has 2 N–H and O–H groups in total. The second-order valence-electron chi connectivity index (χ2n) is 2.77. The summed E-state index contributed by atoms with van der Waals surface area (Å²) in [7, 11) is 0. The summed E-state index contributed by atoms with van der Waals surface area (Å²) in [6, 6.07) is 6.03. The van der Waals surface area contributed by atoms with E-state index in [1.54, 1.807) is 0 Å². The van der Waals surface area contributed by atoms with Crippen LogP contribution in [0.15, 0.2) is 18.2 Å². The summed E-state index contributed by atoms with van der Waals surface area (Å²) < 4.78 is 0. The lowest BCUT2D eigenvalue weighted by atomic mass is 10.1. The lowest BCUT2D eigenvalue weighted by molar-refractivity contribution is 1.21. The molecule has 0 aliphatic carbocycles. The van der Waals surface area contributed by atoms with E-state index in [9.17, 15) is 0 Å². The molecule has 2 nitrogen and oxygen atoms in total. The Kier molecular flexibility index (Phi) is 2.86. The largest absolute Gasteiger partial charge is 0.385 e. The van der Waals surface area contributed by atoms with Crippen molar-refractivity contribution in [3.63, 3.8) is 0 Å². The Morgan fingerprint density at radius 3 is 2.83 bits per heavy atom. The monoisotopic (exact) mass is 162 g/mol. The van der Waals surface area contributed by atoms with E-state index in [2.05, 4.69) is 25.2 Å². The highest BCUT2D eigenvalue weighted by Gasteiger charge is 1.97. The maximum Gasteiger partial charge on any atom is 0.0431 e. The highest BCUT2D eigenvalue weighted by Crippen LogP contribution is 2.14. The Hall–Kier alpha value is -1.31. The van der Waals surface area contributed by atoms with E-state index in [1.807, 2.05) is 12.1 Å². The molecule has 0 aliphatic heterocycles. The SMILES string of the molecule is CCNc1cc(C)ccc1C=N. The van der Waals surface area contributed by atoms with Gasteiger partial charge in [-0.05, 0) is 25.5 Å². The normalized spacial score (nSPS) is 9.50. The summed E-state index contributed by atoms with van der Waals surface area (Å²) in [6.07, 6.45) is 1.37. The van der Waals surface area contributed by atoms with Crippen LogP contribution in [0, 0.1) is 12.3 Å². The van der Waals surface area contributed by atoms with Gasteiger partial charge in [-0.2, -0.15) is 0 Å². The molecule has 0 heterocycles. The molecule has 0 radical (unpaired) electrons. The van der Waals surface area contributed by atoms with Gasteiger partial charge in [-0.15, -0.1) is 0 Å². The van der Waals surface area contributed by atoms with Crippen molar-refractivity contribution in [3.05, 3.63) is 29.3 Å². The lowest BCUT2D eigenvalue weighted by Crippen LogP contribution is -2.00. The standard InChI is InChI=1S/C10H14N2/c1-3-12-10-6-8(2)4-5-9(10)7-11/h4-7,11-12H,3H2,1-2H3. The molecule has 12 heavy (non-hydrogen) atoms. The molecule has 1 aromatic carbocycles. The van der Waals surface area contributed by atoms with Gasteiger partial charge in [-0.3, -0.25) is 0 Å². The van der Waals surface area contributed by atoms with Crippen LogP contribution in [0.2, 0.25) is 0 Å². The molecule has 1 aromatic rings. The van der Waals surface area contributed by atoms with Gasteiger partial charge in [0.05, 0.1) is 0 Å². The molecule has 64 valence electrons. The summed E-state index contributed by atoms with van der Waals surface area (Å²) in [5.74, 6) is 0. The molecule has 0 fully saturated rings. The summed E-state index contributed by atoms with van der Waals surface area (Å²) in [5, 5.41) is 10.4. The van der Waals surface area contributed by atoms with Gasteiger partial charge in [0.1, 0.15) is 0 Å². The Labute approximate surface area is 73.1 Å². The van der Waals surface area contributed by atoms with Crippen LogP contribution in [-0.4, -0.2) is 12.8 Å². The zero-order valence-corrected chi connectivity index (χ0v) is 7.52. The summed E-state index contributed by atoms with van der Waals surface area (Å²) in [6.45, 7) is 4.99. The van der Waals surface area contributed by atoms with E-state index in [4.69, 9.17) is 5.41 Å². The van der Waals surface area contributed by atoms with Gasteiger partial charge < -0.3 is 10.7 Å². The zero-order chi connectivity index (χ0) is 8.97. The third-order valence-corrected chi connectivity index (χ3v) is 1.73. The smallest absolute Gasteiger partial charge is 0.0431 e. The molecular formula is C10H14N2. The molecular weight excluding hydrogens is 148 g/mol. The number of nitrogens with one attached hydrogen (secondary N) is 2. The number of rotatable bonds is 3. The summed E-state index contributed by atoms with van der Waals surface area (Å²) in [4.78, 5) is 0. The number of anilines is 1. The van der Waals surface area contributed by atoms with E-state index in [0.29, 0.717) is 0 Å². The van der Waals surface area contributed by atoms with Crippen LogP contribution in [0.25, 0.3) is 0 Å². The number of hydrogen-bond acceptors (Lipinski definition) is 2. The first-order valence-corrected chi connectivity index (χ1v) is 4.13. The molecule has 0 unspecified atom stereocenters. The quantitative estimate of drug-likeness (QED) is 0.658. The van der Waals surface area contributed by atoms with Crippen LogP contribution in [0.5, 0.6) is 0 Å². The molecule has 0 atom stereocenters. The number of benzene rings is 1. The molecule has 0 saturated heterocycles. The van der Waals surface area contributed by atoms with Crippen LogP contribution in [0.4, 0.5) is 5.69 Å². The summed E-state index contributed by atoms with van der Waals surface area (Å²) >= 11 is 0. The average Bonchev–Trinajstić information content (AvgIpc) is 2.05. The van der Waals surface area contributed by atoms with E-state index in [1.165, 1.54) is 11.8 Å². The first-order valence-electron chi connectivity index (χ1n) is 4.13. The predicted octanol–water partition coefficient (Wildman–Crippen LogP) is 2.42. The second kappa shape index (κ2) is 3.90. The fourth-order valence-corrected chi connectivity index (χ4v) is 1.14. The van der Waals surface area contributed by atoms with Crippen LogP contribution >= 0.6 is 0 Å². The second-order valence-corrected chi connectivity index (χ2v) is 2.77. The minimum atomic E-state index is 0.893. The van der Waals surface area contributed by atoms with Crippen molar-refractivity contribution >= 4 is 11.9 Å². The van der Waals surface area contributed by atoms with Crippen LogP contribution in [0.1, 0.15) is 18.1 Å². The van der Waals surface area contributed by atoms with E-state index >= 15 is 0 Å². The molecule has 0 aromatic heterocycles. The van der Waals surface area contributed by atoms with E-state index < -0.39 is 0 Å². The molecule has 2 heteroatoms. The molecule has 0 spiro atoms. The molecule has 0 aliphatic rings. The van der Waals surface area contributed by atoms with Crippen molar-refractivity contribution in [2.75, 3.05) is 11.9 Å². The van der Waals surface area contributed by atoms with Gasteiger partial charge in [0.25, 0.3) is 0 Å². The van der Waals surface area contributed by atoms with E-state index in [0.717, 1.165) is 17.8 Å². The van der Waals surface area contributed by atoms with Crippen LogP contribution in [-0.2, 0) is 0 Å². The van der Waals surface area contributed by atoms with Gasteiger partial charge >= 0.3 is 0 Å². The maximum atomic E-state index is 7.17. The molecule has 0 saturated carbocycles. The van der Waals surface area contributed by atoms with Gasteiger partial charge in [-0.1, -0.05) is 12.1 Å². The Morgan fingerprint density at radius 1 is 1.50 bits per heavy atom. The minimum absolute atomic E-state index is 0.893. The zero-order valence-electron chi connectivity index (χ0n) is 7.52. The Balaban J connectivity index is 3.03. The molecule has 0 amide bonds. The van der Waals surface area contributed by atoms with Crippen molar-refractivity contribution in [2.24, 2.45) is 0 Å². The topological polar surface area (TPSA) is 35.9 Å². The highest BCUT2D eigenvalue weighted by atomic mass is 14.9. The van der Waals surface area contributed by atoms with Gasteiger partial charge in [0.2, 0.25) is 0 Å². The van der Waals surface area contributed by atoms with Gasteiger partial charge in [0, 0.05) is 24.0 Å². The van der Waals surface area contributed by atoms with E-state index in [-0.39, 0.29) is 0 Å². The van der Waals surface area contributed by atoms with Crippen molar-refractivity contribution in [1.82, 2.24) is 0 Å². The predicted molar refractivity (Wildman–Crippen MR) is 53.2 cm³/mol. The number of aryl methyl sites for hydroxylation is 1. The van der Waals surface area contributed by atoms with Gasteiger partial charge in [-0.25, -0.2) is 0 Å². The minimum Gasteiger partial charge on any atom is -0.385 e. The molecule has 0 bridgehead atoms. The Bertz CT molecular complexity index is 279. The van der Waals surface area contributed by atoms with Crippen LogP contribution in [0.3, 0.4) is 0 Å². The molecule has 1 rings (SSSR count). The third-order valence-electron chi connectivity index (χ3n) is 1.73. The van der Waals surface area contributed by atoms with Crippen LogP contribution < -0.4 is 5.32 Å². The Morgan fingerprint density at radius 2 is 2.25 bits per heavy atom.